The summed E-state index contributed by atoms with van der Waals surface area (Å²) >= 11 is 0. The van der Waals surface area contributed by atoms with Crippen LogP contribution in [0.15, 0.2) is 24.3 Å². The first-order valence-corrected chi connectivity index (χ1v) is 14.6. The van der Waals surface area contributed by atoms with Crippen LogP contribution >= 0.6 is 0 Å². The van der Waals surface area contributed by atoms with Gasteiger partial charge in [-0.05, 0) is 87.8 Å². The van der Waals surface area contributed by atoms with Crippen molar-refractivity contribution in [2.24, 2.45) is 0 Å². The molecule has 2 N–H and O–H groups in total. The second kappa shape index (κ2) is 11.5. The fourth-order valence-electron chi connectivity index (χ4n) is 6.70. The van der Waals surface area contributed by atoms with Crippen LogP contribution in [0.25, 0.3) is 0 Å². The maximum Gasteiger partial charge on any atom is 0.142 e. The minimum absolute atomic E-state index is 0.0123. The Bertz CT molecular complexity index is 1040. The molecule has 2 atom stereocenters. The monoisotopic (exact) mass is 522 g/mol. The second-order valence-corrected chi connectivity index (χ2v) is 12.1. The Labute approximate surface area is 228 Å². The lowest BCUT2D eigenvalue weighted by Crippen LogP contribution is -2.36. The van der Waals surface area contributed by atoms with Gasteiger partial charge in [-0.15, -0.1) is 0 Å². The molecular weight excluding hydrogens is 476 g/mol. The Morgan fingerprint density at radius 1 is 0.737 bits per heavy atom. The average molecular weight is 523 g/mol. The van der Waals surface area contributed by atoms with Crippen molar-refractivity contribution in [2.75, 3.05) is 26.6 Å². The van der Waals surface area contributed by atoms with Crippen molar-refractivity contribution in [1.82, 2.24) is 9.80 Å². The van der Waals surface area contributed by atoms with Gasteiger partial charge >= 0.3 is 0 Å². The van der Waals surface area contributed by atoms with Gasteiger partial charge in [0.2, 0.25) is 0 Å². The van der Waals surface area contributed by atoms with Gasteiger partial charge in [0.15, 0.2) is 0 Å². The molecular formula is C32H46N2O4. The highest BCUT2D eigenvalue weighted by Crippen LogP contribution is 2.48. The molecule has 0 bridgehead atoms. The standard InChI is InChI=1S/C32H46N2O4/c1-22-14-28(16-26-18-33(12-8-24(3)35)20-37-30(22)26)32(10-6-5-7-11-32)29-15-23(2)31-27(17-29)19-34(21-38-31)13-9-25(4)36/h14-17,24-25,35-36H,5-13,18-21H2,1-4H3. The highest BCUT2D eigenvalue weighted by molar-refractivity contribution is 5.54. The number of ether oxygens (including phenoxy) is 2. The molecule has 2 aromatic rings. The molecule has 38 heavy (non-hydrogen) atoms. The molecule has 1 saturated carbocycles. The molecule has 2 aromatic carbocycles. The molecule has 6 heteroatoms. The van der Waals surface area contributed by atoms with Gasteiger partial charge in [0.05, 0.1) is 12.2 Å². The zero-order chi connectivity index (χ0) is 26.9. The summed E-state index contributed by atoms with van der Waals surface area (Å²) in [6.45, 7) is 12.7. The highest BCUT2D eigenvalue weighted by atomic mass is 16.5. The SMILES string of the molecule is Cc1cc(C2(c3cc(C)c4c(c3)CN(CCC(C)O)CO4)CCCCC2)cc2c1OCN(CCC(C)O)C2. The second-order valence-electron chi connectivity index (χ2n) is 12.1. The van der Waals surface area contributed by atoms with Crippen molar-refractivity contribution < 1.29 is 19.7 Å². The predicted molar refractivity (Wildman–Crippen MR) is 151 cm³/mol. The van der Waals surface area contributed by atoms with Gasteiger partial charge in [0.1, 0.15) is 25.0 Å². The Morgan fingerprint density at radius 3 is 1.61 bits per heavy atom. The van der Waals surface area contributed by atoms with Crippen molar-refractivity contribution in [3.8, 4) is 11.5 Å². The largest absolute Gasteiger partial charge is 0.478 e. The molecule has 1 fully saturated rings. The van der Waals surface area contributed by atoms with Gasteiger partial charge in [-0.2, -0.15) is 0 Å². The third-order valence-electron chi connectivity index (χ3n) is 8.81. The van der Waals surface area contributed by atoms with E-state index in [1.165, 1.54) is 52.6 Å². The molecule has 0 amide bonds. The minimum Gasteiger partial charge on any atom is -0.478 e. The smallest absolute Gasteiger partial charge is 0.142 e. The van der Waals surface area contributed by atoms with Crippen molar-refractivity contribution >= 4 is 0 Å². The van der Waals surface area contributed by atoms with E-state index in [1.54, 1.807) is 0 Å². The van der Waals surface area contributed by atoms with Gasteiger partial charge < -0.3 is 19.7 Å². The van der Waals surface area contributed by atoms with Crippen LogP contribution in [0.2, 0.25) is 0 Å². The summed E-state index contributed by atoms with van der Waals surface area (Å²) in [6.07, 6.45) is 7.00. The van der Waals surface area contributed by atoms with Crippen LogP contribution in [0.4, 0.5) is 0 Å². The van der Waals surface area contributed by atoms with E-state index in [4.69, 9.17) is 9.47 Å². The molecule has 0 radical (unpaired) electrons. The van der Waals surface area contributed by atoms with Crippen molar-refractivity contribution in [3.05, 3.63) is 57.6 Å². The molecule has 2 aliphatic heterocycles. The molecule has 5 rings (SSSR count). The normalized spacial score (nSPS) is 21.1. The van der Waals surface area contributed by atoms with Crippen LogP contribution in [0, 0.1) is 13.8 Å². The average Bonchev–Trinajstić information content (AvgIpc) is 2.90. The van der Waals surface area contributed by atoms with Crippen LogP contribution in [0.5, 0.6) is 11.5 Å². The molecule has 0 spiro atoms. The highest BCUT2D eigenvalue weighted by Gasteiger charge is 2.38. The van der Waals surface area contributed by atoms with Gasteiger partial charge in [-0.1, -0.05) is 31.4 Å². The number of benzene rings is 2. The van der Waals surface area contributed by atoms with E-state index < -0.39 is 0 Å². The molecule has 208 valence electrons. The minimum atomic E-state index is -0.297. The fraction of sp³-hybridized carbons (Fsp3) is 0.625. The predicted octanol–water partition coefficient (Wildman–Crippen LogP) is 5.40. The summed E-state index contributed by atoms with van der Waals surface area (Å²) in [5.74, 6) is 2.08. The molecule has 1 aliphatic carbocycles. The Hall–Kier alpha value is -2.12. The lowest BCUT2D eigenvalue weighted by atomic mass is 9.64. The number of fused-ring (bicyclic) bond motifs is 2. The summed E-state index contributed by atoms with van der Waals surface area (Å²) in [5, 5.41) is 19.6. The summed E-state index contributed by atoms with van der Waals surface area (Å²) in [6, 6.07) is 9.61. The van der Waals surface area contributed by atoms with Crippen molar-refractivity contribution in [1.29, 1.82) is 0 Å². The van der Waals surface area contributed by atoms with E-state index in [9.17, 15) is 10.2 Å². The van der Waals surface area contributed by atoms with Gasteiger partial charge in [0, 0.05) is 42.7 Å². The summed E-state index contributed by atoms with van der Waals surface area (Å²) in [5.41, 5.74) is 7.79. The molecule has 2 unspecified atom stereocenters. The first-order valence-electron chi connectivity index (χ1n) is 14.6. The number of aryl methyl sites for hydroxylation is 2. The number of hydrogen-bond donors (Lipinski definition) is 2. The van der Waals surface area contributed by atoms with Crippen LogP contribution in [-0.4, -0.2) is 58.8 Å². The van der Waals surface area contributed by atoms with E-state index in [2.05, 4.69) is 47.9 Å². The van der Waals surface area contributed by atoms with E-state index in [-0.39, 0.29) is 17.6 Å². The number of aliphatic hydroxyl groups excluding tert-OH is 2. The third kappa shape index (κ3) is 5.74. The zero-order valence-corrected chi connectivity index (χ0v) is 23.8. The van der Waals surface area contributed by atoms with Gasteiger partial charge in [0.25, 0.3) is 0 Å². The van der Waals surface area contributed by atoms with Gasteiger partial charge in [-0.25, -0.2) is 0 Å². The van der Waals surface area contributed by atoms with E-state index >= 15 is 0 Å². The van der Waals surface area contributed by atoms with Crippen molar-refractivity contribution in [3.63, 3.8) is 0 Å². The zero-order valence-electron chi connectivity index (χ0n) is 23.8. The quantitative estimate of drug-likeness (QED) is 0.484. The van der Waals surface area contributed by atoms with Crippen LogP contribution in [0.1, 0.15) is 92.2 Å². The number of hydrogen-bond acceptors (Lipinski definition) is 6. The van der Waals surface area contributed by atoms with Crippen LogP contribution in [0.3, 0.4) is 0 Å². The third-order valence-corrected chi connectivity index (χ3v) is 8.81. The Balaban J connectivity index is 1.49. The maximum atomic E-state index is 9.78. The summed E-state index contributed by atoms with van der Waals surface area (Å²) < 4.78 is 12.5. The Kier molecular flexibility index (Phi) is 8.34. The molecule has 0 saturated heterocycles. The Morgan fingerprint density at radius 2 is 1.18 bits per heavy atom. The van der Waals surface area contributed by atoms with Crippen LogP contribution in [-0.2, 0) is 18.5 Å². The molecule has 3 aliphatic rings. The molecule has 6 nitrogen and oxygen atoms in total. The first-order chi connectivity index (χ1) is 18.2. The van der Waals surface area contributed by atoms with E-state index in [0.717, 1.165) is 63.4 Å². The lowest BCUT2D eigenvalue weighted by Gasteiger charge is -2.41. The summed E-state index contributed by atoms with van der Waals surface area (Å²) in [7, 11) is 0. The first kappa shape index (κ1) is 27.4. The van der Waals surface area contributed by atoms with E-state index in [0.29, 0.717) is 13.5 Å². The summed E-state index contributed by atoms with van der Waals surface area (Å²) in [4.78, 5) is 4.60. The lowest BCUT2D eigenvalue weighted by molar-refractivity contribution is 0.0759. The van der Waals surface area contributed by atoms with Crippen molar-refractivity contribution in [2.45, 2.75) is 103 Å². The molecule has 0 aromatic heterocycles. The van der Waals surface area contributed by atoms with Gasteiger partial charge in [-0.3, -0.25) is 9.80 Å². The fourth-order valence-corrected chi connectivity index (χ4v) is 6.70. The van der Waals surface area contributed by atoms with E-state index in [1.807, 2.05) is 13.8 Å². The maximum absolute atomic E-state index is 9.78. The molecule has 2 heterocycles. The topological polar surface area (TPSA) is 65.4 Å². The number of aliphatic hydroxyl groups is 2. The number of rotatable bonds is 8. The van der Waals surface area contributed by atoms with Crippen LogP contribution < -0.4 is 9.47 Å². The number of nitrogens with zero attached hydrogens (tertiary/aromatic N) is 2.